The molecule has 96 valence electrons. The Labute approximate surface area is 104 Å². The summed E-state index contributed by atoms with van der Waals surface area (Å²) in [4.78, 5) is 0. The first-order valence-corrected chi connectivity index (χ1v) is 6.32. The number of rotatable bonds is 8. The molecule has 0 bridgehead atoms. The van der Waals surface area contributed by atoms with Crippen molar-refractivity contribution in [1.82, 2.24) is 5.32 Å². The molecule has 0 aliphatic rings. The second-order valence-corrected chi connectivity index (χ2v) is 4.19. The average Bonchev–Trinajstić information content (AvgIpc) is 2.35. The molecule has 1 aromatic rings. The number of hydrogen-bond acceptors (Lipinski definition) is 3. The van der Waals surface area contributed by atoms with E-state index >= 15 is 0 Å². The first-order valence-electron chi connectivity index (χ1n) is 6.32. The van der Waals surface area contributed by atoms with Gasteiger partial charge in [-0.05, 0) is 32.8 Å². The van der Waals surface area contributed by atoms with Gasteiger partial charge in [0.1, 0.15) is 5.75 Å². The van der Waals surface area contributed by atoms with Gasteiger partial charge in [-0.3, -0.25) is 0 Å². The van der Waals surface area contributed by atoms with Crippen molar-refractivity contribution in [3.63, 3.8) is 0 Å². The Kier molecular flexibility index (Phi) is 6.67. The summed E-state index contributed by atoms with van der Waals surface area (Å²) < 4.78 is 5.57. The predicted molar refractivity (Wildman–Crippen MR) is 70.2 cm³/mol. The molecular weight excluding hydrogens is 214 g/mol. The van der Waals surface area contributed by atoms with Crippen LogP contribution in [-0.2, 0) is 6.54 Å². The average molecular weight is 237 g/mol. The number of benzene rings is 1. The van der Waals surface area contributed by atoms with Gasteiger partial charge < -0.3 is 15.2 Å². The second kappa shape index (κ2) is 8.09. The van der Waals surface area contributed by atoms with Gasteiger partial charge in [-0.1, -0.05) is 18.2 Å². The van der Waals surface area contributed by atoms with Crippen LogP contribution in [0.4, 0.5) is 0 Å². The third-order valence-electron chi connectivity index (χ3n) is 2.71. The standard InChI is InChI=1S/C14H23NO2/c1-3-17-14-9-5-4-8-13(14)11-15-12(2)7-6-10-16/h4-5,8-9,12,15-16H,3,6-7,10-11H2,1-2H3. The van der Waals surface area contributed by atoms with Crippen LogP contribution in [0.3, 0.4) is 0 Å². The summed E-state index contributed by atoms with van der Waals surface area (Å²) in [5.74, 6) is 0.955. The van der Waals surface area contributed by atoms with Crippen LogP contribution in [0, 0.1) is 0 Å². The zero-order chi connectivity index (χ0) is 12.5. The summed E-state index contributed by atoms with van der Waals surface area (Å²) in [6.07, 6.45) is 1.84. The molecule has 1 atom stereocenters. The van der Waals surface area contributed by atoms with Gasteiger partial charge in [0.05, 0.1) is 6.61 Å². The Bertz CT molecular complexity index is 315. The van der Waals surface area contributed by atoms with Crippen LogP contribution in [0.15, 0.2) is 24.3 Å². The maximum absolute atomic E-state index is 8.77. The molecule has 2 N–H and O–H groups in total. The lowest BCUT2D eigenvalue weighted by molar-refractivity contribution is 0.276. The SMILES string of the molecule is CCOc1ccccc1CNC(C)CCCO. The molecule has 0 saturated heterocycles. The van der Waals surface area contributed by atoms with Crippen LogP contribution in [0.2, 0.25) is 0 Å². The van der Waals surface area contributed by atoms with Crippen LogP contribution >= 0.6 is 0 Å². The quantitative estimate of drug-likeness (QED) is 0.729. The fourth-order valence-electron chi connectivity index (χ4n) is 1.73. The number of nitrogens with one attached hydrogen (secondary N) is 1. The minimum absolute atomic E-state index is 0.265. The van der Waals surface area contributed by atoms with E-state index in [0.717, 1.165) is 25.1 Å². The van der Waals surface area contributed by atoms with E-state index in [4.69, 9.17) is 9.84 Å². The number of ether oxygens (including phenoxy) is 1. The zero-order valence-corrected chi connectivity index (χ0v) is 10.8. The van der Waals surface area contributed by atoms with E-state index in [0.29, 0.717) is 12.6 Å². The lowest BCUT2D eigenvalue weighted by Crippen LogP contribution is -2.25. The van der Waals surface area contributed by atoms with Crippen molar-refractivity contribution in [1.29, 1.82) is 0 Å². The third kappa shape index (κ3) is 5.20. The molecule has 0 aliphatic heterocycles. The zero-order valence-electron chi connectivity index (χ0n) is 10.8. The van der Waals surface area contributed by atoms with Crippen LogP contribution in [0.25, 0.3) is 0 Å². The minimum atomic E-state index is 0.265. The van der Waals surface area contributed by atoms with Crippen molar-refractivity contribution in [2.45, 2.75) is 39.3 Å². The highest BCUT2D eigenvalue weighted by Crippen LogP contribution is 2.17. The molecule has 0 aliphatic carbocycles. The van der Waals surface area contributed by atoms with Gasteiger partial charge in [0.2, 0.25) is 0 Å². The summed E-state index contributed by atoms with van der Waals surface area (Å²) in [5, 5.41) is 12.2. The number of aliphatic hydroxyl groups excluding tert-OH is 1. The van der Waals surface area contributed by atoms with Crippen LogP contribution in [-0.4, -0.2) is 24.4 Å². The first kappa shape index (κ1) is 14.0. The van der Waals surface area contributed by atoms with E-state index in [1.165, 1.54) is 5.56 Å². The fraction of sp³-hybridized carbons (Fsp3) is 0.571. The van der Waals surface area contributed by atoms with Crippen molar-refractivity contribution in [2.24, 2.45) is 0 Å². The lowest BCUT2D eigenvalue weighted by Gasteiger charge is -2.15. The predicted octanol–water partition coefficient (Wildman–Crippen LogP) is 2.34. The highest BCUT2D eigenvalue weighted by Gasteiger charge is 2.05. The smallest absolute Gasteiger partial charge is 0.123 e. The van der Waals surface area contributed by atoms with Crippen LogP contribution in [0.1, 0.15) is 32.3 Å². The summed E-state index contributed by atoms with van der Waals surface area (Å²) in [7, 11) is 0. The molecular formula is C14H23NO2. The van der Waals surface area contributed by atoms with Gasteiger partial charge in [-0.25, -0.2) is 0 Å². The largest absolute Gasteiger partial charge is 0.494 e. The summed E-state index contributed by atoms with van der Waals surface area (Å²) in [6.45, 7) is 5.90. The Hall–Kier alpha value is -1.06. The Morgan fingerprint density at radius 2 is 2.12 bits per heavy atom. The van der Waals surface area contributed by atoms with Gasteiger partial charge in [0.25, 0.3) is 0 Å². The Morgan fingerprint density at radius 1 is 1.35 bits per heavy atom. The molecule has 17 heavy (non-hydrogen) atoms. The monoisotopic (exact) mass is 237 g/mol. The van der Waals surface area contributed by atoms with E-state index in [-0.39, 0.29) is 6.61 Å². The van der Waals surface area contributed by atoms with E-state index in [1.807, 2.05) is 25.1 Å². The molecule has 3 heteroatoms. The van der Waals surface area contributed by atoms with Crippen LogP contribution in [0.5, 0.6) is 5.75 Å². The fourth-order valence-corrected chi connectivity index (χ4v) is 1.73. The third-order valence-corrected chi connectivity index (χ3v) is 2.71. The number of para-hydroxylation sites is 1. The van der Waals surface area contributed by atoms with Crippen molar-refractivity contribution in [3.8, 4) is 5.75 Å². The van der Waals surface area contributed by atoms with E-state index < -0.39 is 0 Å². The molecule has 0 aromatic heterocycles. The van der Waals surface area contributed by atoms with Crippen molar-refractivity contribution >= 4 is 0 Å². The maximum atomic E-state index is 8.77. The molecule has 1 rings (SSSR count). The van der Waals surface area contributed by atoms with E-state index in [9.17, 15) is 0 Å². The Morgan fingerprint density at radius 3 is 2.82 bits per heavy atom. The van der Waals surface area contributed by atoms with Gasteiger partial charge in [0, 0.05) is 24.8 Å². The molecule has 0 heterocycles. The molecule has 0 amide bonds. The van der Waals surface area contributed by atoms with Crippen molar-refractivity contribution < 1.29 is 9.84 Å². The molecule has 3 nitrogen and oxygen atoms in total. The van der Waals surface area contributed by atoms with Gasteiger partial charge in [0.15, 0.2) is 0 Å². The molecule has 0 spiro atoms. The molecule has 0 saturated carbocycles. The molecule has 0 fully saturated rings. The summed E-state index contributed by atoms with van der Waals surface area (Å²) in [6, 6.07) is 8.51. The highest BCUT2D eigenvalue weighted by atomic mass is 16.5. The van der Waals surface area contributed by atoms with Crippen LogP contribution < -0.4 is 10.1 Å². The van der Waals surface area contributed by atoms with Gasteiger partial charge in [-0.2, -0.15) is 0 Å². The van der Waals surface area contributed by atoms with E-state index in [2.05, 4.69) is 18.3 Å². The molecule has 1 aromatic carbocycles. The normalized spacial score (nSPS) is 12.4. The number of hydrogen-bond donors (Lipinski definition) is 2. The van der Waals surface area contributed by atoms with Gasteiger partial charge in [-0.15, -0.1) is 0 Å². The minimum Gasteiger partial charge on any atom is -0.494 e. The van der Waals surface area contributed by atoms with Crippen molar-refractivity contribution in [3.05, 3.63) is 29.8 Å². The topological polar surface area (TPSA) is 41.5 Å². The summed E-state index contributed by atoms with van der Waals surface area (Å²) in [5.41, 5.74) is 1.19. The van der Waals surface area contributed by atoms with Crippen molar-refractivity contribution in [2.75, 3.05) is 13.2 Å². The summed E-state index contributed by atoms with van der Waals surface area (Å²) >= 11 is 0. The van der Waals surface area contributed by atoms with Gasteiger partial charge >= 0.3 is 0 Å². The second-order valence-electron chi connectivity index (χ2n) is 4.19. The highest BCUT2D eigenvalue weighted by molar-refractivity contribution is 5.33. The first-order chi connectivity index (χ1) is 8.27. The lowest BCUT2D eigenvalue weighted by atomic mass is 10.1. The molecule has 0 radical (unpaired) electrons. The Balaban J connectivity index is 2.44. The molecule has 1 unspecified atom stereocenters. The number of aliphatic hydroxyl groups is 1. The maximum Gasteiger partial charge on any atom is 0.123 e. The van der Waals surface area contributed by atoms with E-state index in [1.54, 1.807) is 0 Å².